The molecule has 0 aliphatic heterocycles. The van der Waals surface area contributed by atoms with E-state index in [0.717, 1.165) is 22.2 Å². The Kier molecular flexibility index (Phi) is 1.92. The second-order valence-electron chi connectivity index (χ2n) is 3.84. The SMILES string of the molecule is O=Cc1cccn2c(C3CC3)nc(Br)c12. The van der Waals surface area contributed by atoms with E-state index in [1.165, 1.54) is 12.8 Å². The number of hydrogen-bond donors (Lipinski definition) is 0. The lowest BCUT2D eigenvalue weighted by Gasteiger charge is -1.99. The Labute approximate surface area is 95.3 Å². The number of pyridine rings is 1. The molecule has 0 unspecified atom stereocenters. The normalized spacial score (nSPS) is 15.8. The molecule has 2 heterocycles. The highest BCUT2D eigenvalue weighted by Crippen LogP contribution is 2.40. The summed E-state index contributed by atoms with van der Waals surface area (Å²) in [4.78, 5) is 15.4. The van der Waals surface area contributed by atoms with Crippen LogP contribution in [0.5, 0.6) is 0 Å². The molecule has 3 nitrogen and oxygen atoms in total. The smallest absolute Gasteiger partial charge is 0.152 e. The number of hydrogen-bond acceptors (Lipinski definition) is 2. The Balaban J connectivity index is 2.36. The van der Waals surface area contributed by atoms with Crippen LogP contribution in [0.4, 0.5) is 0 Å². The number of carbonyl (C=O) groups excluding carboxylic acids is 1. The molecule has 0 amide bonds. The predicted molar refractivity (Wildman–Crippen MR) is 60.3 cm³/mol. The van der Waals surface area contributed by atoms with Crippen molar-refractivity contribution in [1.82, 2.24) is 9.38 Å². The Bertz CT molecular complexity index is 543. The van der Waals surface area contributed by atoms with Gasteiger partial charge in [0.1, 0.15) is 10.4 Å². The number of aldehydes is 1. The van der Waals surface area contributed by atoms with Gasteiger partial charge < -0.3 is 4.40 Å². The van der Waals surface area contributed by atoms with E-state index in [2.05, 4.69) is 20.9 Å². The third kappa shape index (κ3) is 1.32. The zero-order valence-electron chi connectivity index (χ0n) is 7.98. The summed E-state index contributed by atoms with van der Waals surface area (Å²) in [5.41, 5.74) is 1.57. The van der Waals surface area contributed by atoms with Crippen molar-refractivity contribution in [3.05, 3.63) is 34.3 Å². The number of carbonyl (C=O) groups is 1. The lowest BCUT2D eigenvalue weighted by atomic mass is 10.2. The molecule has 0 atom stereocenters. The van der Waals surface area contributed by atoms with Crippen molar-refractivity contribution < 1.29 is 4.79 Å². The highest BCUT2D eigenvalue weighted by atomic mass is 79.9. The van der Waals surface area contributed by atoms with E-state index >= 15 is 0 Å². The van der Waals surface area contributed by atoms with Gasteiger partial charge in [0.05, 0.1) is 5.52 Å². The van der Waals surface area contributed by atoms with Gasteiger partial charge in [-0.1, -0.05) is 0 Å². The van der Waals surface area contributed by atoms with Gasteiger partial charge in [0, 0.05) is 17.7 Å². The van der Waals surface area contributed by atoms with Crippen molar-refractivity contribution in [2.45, 2.75) is 18.8 Å². The molecular weight excluding hydrogens is 256 g/mol. The predicted octanol–water partition coefficient (Wildman–Crippen LogP) is 2.79. The number of nitrogens with zero attached hydrogens (tertiary/aromatic N) is 2. The van der Waals surface area contributed by atoms with E-state index in [-0.39, 0.29) is 0 Å². The van der Waals surface area contributed by atoms with Gasteiger partial charge in [0.25, 0.3) is 0 Å². The second kappa shape index (κ2) is 3.17. The van der Waals surface area contributed by atoms with Gasteiger partial charge in [-0.25, -0.2) is 4.98 Å². The van der Waals surface area contributed by atoms with Gasteiger partial charge in [-0.15, -0.1) is 0 Å². The van der Waals surface area contributed by atoms with Gasteiger partial charge in [-0.05, 0) is 40.9 Å². The van der Waals surface area contributed by atoms with Crippen molar-refractivity contribution >= 4 is 27.7 Å². The van der Waals surface area contributed by atoms with Crippen LogP contribution < -0.4 is 0 Å². The van der Waals surface area contributed by atoms with E-state index in [1.54, 1.807) is 0 Å². The molecule has 76 valence electrons. The minimum absolute atomic E-state index is 0.575. The summed E-state index contributed by atoms with van der Waals surface area (Å²) >= 11 is 3.41. The number of aromatic nitrogens is 2. The standard InChI is InChI=1S/C11H9BrN2O/c12-10-9-8(6-15)2-1-5-14(9)11(13-10)7-3-4-7/h1-2,5-7H,3-4H2. The topological polar surface area (TPSA) is 34.4 Å². The van der Waals surface area contributed by atoms with Gasteiger partial charge in [-0.2, -0.15) is 0 Å². The zero-order chi connectivity index (χ0) is 10.4. The van der Waals surface area contributed by atoms with Crippen LogP contribution in [-0.4, -0.2) is 15.7 Å². The van der Waals surface area contributed by atoms with Crippen LogP contribution in [0.15, 0.2) is 22.9 Å². The lowest BCUT2D eigenvalue weighted by molar-refractivity contribution is 0.112. The Hall–Kier alpha value is -1.16. The number of rotatable bonds is 2. The quantitative estimate of drug-likeness (QED) is 0.782. The minimum atomic E-state index is 0.575. The first-order chi connectivity index (χ1) is 7.31. The molecular formula is C11H9BrN2O. The molecule has 0 spiro atoms. The molecule has 1 fully saturated rings. The third-order valence-corrected chi connectivity index (χ3v) is 3.30. The molecule has 2 aromatic heterocycles. The van der Waals surface area contributed by atoms with Crippen LogP contribution in [0.25, 0.3) is 5.52 Å². The largest absolute Gasteiger partial charge is 0.302 e. The Morgan fingerprint density at radius 1 is 1.53 bits per heavy atom. The first-order valence-corrected chi connectivity index (χ1v) is 5.72. The van der Waals surface area contributed by atoms with E-state index < -0.39 is 0 Å². The van der Waals surface area contributed by atoms with Gasteiger partial charge in [0.2, 0.25) is 0 Å². The van der Waals surface area contributed by atoms with E-state index in [1.807, 2.05) is 22.7 Å². The fourth-order valence-corrected chi connectivity index (χ4v) is 2.47. The average molecular weight is 265 g/mol. The molecule has 0 saturated heterocycles. The maximum Gasteiger partial charge on any atom is 0.152 e. The fourth-order valence-electron chi connectivity index (χ4n) is 1.87. The van der Waals surface area contributed by atoms with Crippen molar-refractivity contribution in [2.75, 3.05) is 0 Å². The molecule has 1 aliphatic carbocycles. The Morgan fingerprint density at radius 3 is 3.00 bits per heavy atom. The van der Waals surface area contributed by atoms with Crippen LogP contribution in [0.1, 0.15) is 34.9 Å². The van der Waals surface area contributed by atoms with Crippen molar-refractivity contribution in [3.63, 3.8) is 0 Å². The van der Waals surface area contributed by atoms with Crippen molar-refractivity contribution in [1.29, 1.82) is 0 Å². The molecule has 0 bridgehead atoms. The molecule has 15 heavy (non-hydrogen) atoms. The van der Waals surface area contributed by atoms with E-state index in [9.17, 15) is 4.79 Å². The summed E-state index contributed by atoms with van der Waals surface area (Å²) in [6.07, 6.45) is 5.25. The first kappa shape index (κ1) is 9.09. The monoisotopic (exact) mass is 264 g/mol. The van der Waals surface area contributed by atoms with Crippen LogP contribution in [-0.2, 0) is 0 Å². The summed E-state index contributed by atoms with van der Waals surface area (Å²) in [7, 11) is 0. The Morgan fingerprint density at radius 2 is 2.33 bits per heavy atom. The molecule has 0 aromatic carbocycles. The van der Waals surface area contributed by atoms with Crippen molar-refractivity contribution in [3.8, 4) is 0 Å². The third-order valence-electron chi connectivity index (χ3n) is 2.75. The highest BCUT2D eigenvalue weighted by molar-refractivity contribution is 9.10. The van der Waals surface area contributed by atoms with E-state index in [4.69, 9.17) is 0 Å². The zero-order valence-corrected chi connectivity index (χ0v) is 9.57. The van der Waals surface area contributed by atoms with Gasteiger partial charge in [0.15, 0.2) is 6.29 Å². The molecule has 1 saturated carbocycles. The fraction of sp³-hybridized carbons (Fsp3) is 0.273. The van der Waals surface area contributed by atoms with Crippen LogP contribution in [0.3, 0.4) is 0 Å². The van der Waals surface area contributed by atoms with Crippen molar-refractivity contribution in [2.24, 2.45) is 0 Å². The maximum atomic E-state index is 10.9. The second-order valence-corrected chi connectivity index (χ2v) is 4.59. The first-order valence-electron chi connectivity index (χ1n) is 4.93. The van der Waals surface area contributed by atoms with Crippen LogP contribution >= 0.6 is 15.9 Å². The summed E-state index contributed by atoms with van der Waals surface area (Å²) < 4.78 is 2.79. The van der Waals surface area contributed by atoms with Crippen LogP contribution in [0.2, 0.25) is 0 Å². The maximum absolute atomic E-state index is 10.9. The summed E-state index contributed by atoms with van der Waals surface area (Å²) in [5, 5.41) is 0. The number of fused-ring (bicyclic) bond motifs is 1. The molecule has 1 aliphatic rings. The minimum Gasteiger partial charge on any atom is -0.302 e. The van der Waals surface area contributed by atoms with E-state index in [0.29, 0.717) is 11.5 Å². The molecule has 2 aromatic rings. The van der Waals surface area contributed by atoms with Gasteiger partial charge >= 0.3 is 0 Å². The molecule has 0 radical (unpaired) electrons. The van der Waals surface area contributed by atoms with Crippen LogP contribution in [0, 0.1) is 0 Å². The van der Waals surface area contributed by atoms with Gasteiger partial charge in [-0.3, -0.25) is 4.79 Å². The molecule has 4 heteroatoms. The molecule has 3 rings (SSSR count). The highest BCUT2D eigenvalue weighted by Gasteiger charge is 2.29. The number of halogens is 1. The molecule has 0 N–H and O–H groups in total. The summed E-state index contributed by atoms with van der Waals surface area (Å²) in [5.74, 6) is 1.64. The summed E-state index contributed by atoms with van der Waals surface area (Å²) in [6.45, 7) is 0. The average Bonchev–Trinajstić information content (AvgIpc) is 3.04. The summed E-state index contributed by atoms with van der Waals surface area (Å²) in [6, 6.07) is 3.70. The lowest BCUT2D eigenvalue weighted by Crippen LogP contribution is -1.93. The number of imidazole rings is 1.